The van der Waals surface area contributed by atoms with Crippen LogP contribution in [0.4, 0.5) is 5.69 Å². The number of fused-ring (bicyclic) bond motifs is 1. The molecule has 2 N–H and O–H groups in total. The third-order valence-electron chi connectivity index (χ3n) is 3.30. The Kier molecular flexibility index (Phi) is 5.65. The van der Waals surface area contributed by atoms with E-state index >= 15 is 0 Å². The summed E-state index contributed by atoms with van der Waals surface area (Å²) in [6, 6.07) is 4.93. The minimum Gasteiger partial charge on any atom is -0.354 e. The van der Waals surface area contributed by atoms with Gasteiger partial charge in [0, 0.05) is 26.0 Å². The minimum absolute atomic E-state index is 0.138. The van der Waals surface area contributed by atoms with Gasteiger partial charge < -0.3 is 5.32 Å². The topological polar surface area (TPSA) is 130 Å². The highest BCUT2D eigenvalue weighted by atomic mass is 32.2. The summed E-state index contributed by atoms with van der Waals surface area (Å²) in [5.41, 5.74) is 1.12. The molecule has 0 saturated heterocycles. The molecule has 0 aliphatic rings. The normalized spacial score (nSPS) is 12.4. The van der Waals surface area contributed by atoms with Crippen molar-refractivity contribution in [2.75, 3.05) is 36.9 Å². The van der Waals surface area contributed by atoms with Gasteiger partial charge in [0.15, 0.2) is 0 Å². The summed E-state index contributed by atoms with van der Waals surface area (Å²) in [4.78, 5) is 11.6. The second-order valence-electron chi connectivity index (χ2n) is 5.41. The van der Waals surface area contributed by atoms with E-state index in [0.29, 0.717) is 5.69 Å². The van der Waals surface area contributed by atoms with Crippen molar-refractivity contribution in [1.82, 2.24) is 19.2 Å². The number of pyridine rings is 1. The van der Waals surface area contributed by atoms with Gasteiger partial charge in [0.25, 0.3) is 0 Å². The molecule has 10 nitrogen and oxygen atoms in total. The van der Waals surface area contributed by atoms with E-state index in [1.165, 1.54) is 7.05 Å². The van der Waals surface area contributed by atoms with Gasteiger partial charge in [0.2, 0.25) is 26.0 Å². The fourth-order valence-electron chi connectivity index (χ4n) is 1.92. The van der Waals surface area contributed by atoms with Crippen molar-refractivity contribution in [3.8, 4) is 0 Å². The zero-order chi connectivity index (χ0) is 18.7. The Bertz CT molecular complexity index is 968. The van der Waals surface area contributed by atoms with Gasteiger partial charge in [0.05, 0.1) is 29.8 Å². The van der Waals surface area contributed by atoms with Gasteiger partial charge >= 0.3 is 0 Å². The van der Waals surface area contributed by atoms with Gasteiger partial charge in [-0.3, -0.25) is 9.52 Å². The van der Waals surface area contributed by atoms with E-state index in [9.17, 15) is 21.6 Å². The first-order valence-electron chi connectivity index (χ1n) is 7.19. The monoisotopic (exact) mass is 389 g/mol. The summed E-state index contributed by atoms with van der Waals surface area (Å²) < 4.78 is 51.4. The van der Waals surface area contributed by atoms with E-state index in [-0.39, 0.29) is 18.8 Å². The second kappa shape index (κ2) is 7.37. The summed E-state index contributed by atoms with van der Waals surface area (Å²) in [6.45, 7) is -0.509. The Morgan fingerprint density at radius 1 is 1.28 bits per heavy atom. The summed E-state index contributed by atoms with van der Waals surface area (Å²) in [6.07, 6.45) is 4.19. The predicted octanol–water partition coefficient (Wildman–Crippen LogP) is -0.916. The average Bonchev–Trinajstić information content (AvgIpc) is 2.92. The van der Waals surface area contributed by atoms with Crippen molar-refractivity contribution in [1.29, 1.82) is 0 Å². The van der Waals surface area contributed by atoms with Crippen molar-refractivity contribution < 1.29 is 21.6 Å². The molecule has 0 saturated carbocycles. The molecule has 0 spiro atoms. The molecule has 0 bridgehead atoms. The maximum absolute atomic E-state index is 12.0. The van der Waals surface area contributed by atoms with Crippen molar-refractivity contribution >= 4 is 37.2 Å². The Hall–Kier alpha value is -2.18. The lowest BCUT2D eigenvalue weighted by atomic mass is 10.4. The molecule has 0 fully saturated rings. The van der Waals surface area contributed by atoms with Crippen LogP contribution in [0.5, 0.6) is 0 Å². The Morgan fingerprint density at radius 2 is 2.00 bits per heavy atom. The molecule has 138 valence electrons. The van der Waals surface area contributed by atoms with Crippen molar-refractivity contribution in [3.63, 3.8) is 0 Å². The molecule has 0 aliphatic heterocycles. The van der Waals surface area contributed by atoms with Crippen molar-refractivity contribution in [3.05, 3.63) is 30.6 Å². The average molecular weight is 389 g/mol. The molecule has 0 aliphatic carbocycles. The van der Waals surface area contributed by atoms with Crippen LogP contribution in [0.2, 0.25) is 0 Å². The third-order valence-corrected chi connectivity index (χ3v) is 5.85. The van der Waals surface area contributed by atoms with E-state index in [1.54, 1.807) is 35.1 Å². The number of carbonyl (C=O) groups excluding carboxylic acids is 1. The maximum Gasteiger partial charge on any atom is 0.235 e. The van der Waals surface area contributed by atoms with E-state index in [2.05, 4.69) is 15.1 Å². The molecule has 25 heavy (non-hydrogen) atoms. The highest BCUT2D eigenvalue weighted by Gasteiger charge is 2.16. The van der Waals surface area contributed by atoms with Crippen molar-refractivity contribution in [2.24, 2.45) is 0 Å². The number of hydrogen-bond acceptors (Lipinski definition) is 6. The molecule has 0 unspecified atom stereocenters. The molecule has 1 amide bonds. The van der Waals surface area contributed by atoms with Gasteiger partial charge in [0.1, 0.15) is 0 Å². The van der Waals surface area contributed by atoms with Crippen LogP contribution in [0.25, 0.3) is 5.52 Å². The lowest BCUT2D eigenvalue weighted by molar-refractivity contribution is -0.121. The van der Waals surface area contributed by atoms with Gasteiger partial charge in [-0.1, -0.05) is 0 Å². The number of nitrogens with zero attached hydrogens (tertiary/aromatic N) is 3. The fraction of sp³-hybridized carbons (Fsp3) is 0.385. The largest absolute Gasteiger partial charge is 0.354 e. The first kappa shape index (κ1) is 19.1. The SMILES string of the molecule is CN(CC(=O)NCCS(=O)(=O)Nc1ccn2nccc2c1)S(C)(=O)=O. The number of anilines is 1. The number of likely N-dealkylation sites (N-methyl/N-ethyl adjacent to an activating group) is 1. The van der Waals surface area contributed by atoms with Gasteiger partial charge in [-0.2, -0.15) is 9.40 Å². The molecule has 2 heterocycles. The van der Waals surface area contributed by atoms with E-state index in [4.69, 9.17) is 0 Å². The zero-order valence-electron chi connectivity index (χ0n) is 13.7. The lowest BCUT2D eigenvalue weighted by Gasteiger charge is -2.14. The molecule has 2 aromatic heterocycles. The number of nitrogens with one attached hydrogen (secondary N) is 2. The van der Waals surface area contributed by atoms with E-state index < -0.39 is 26.0 Å². The van der Waals surface area contributed by atoms with Crippen LogP contribution in [-0.2, 0) is 24.8 Å². The summed E-state index contributed by atoms with van der Waals surface area (Å²) in [7, 11) is -5.87. The molecule has 2 rings (SSSR count). The third kappa shape index (κ3) is 5.69. The number of amides is 1. The molecule has 0 atom stereocenters. The van der Waals surface area contributed by atoms with Gasteiger partial charge in [-0.15, -0.1) is 0 Å². The van der Waals surface area contributed by atoms with Gasteiger partial charge in [-0.25, -0.2) is 21.4 Å². The molecular weight excluding hydrogens is 370 g/mol. The quantitative estimate of drug-likeness (QED) is 0.601. The number of hydrogen-bond donors (Lipinski definition) is 2. The van der Waals surface area contributed by atoms with Crippen LogP contribution in [0, 0.1) is 0 Å². The Labute approximate surface area is 145 Å². The standard InChI is InChI=1S/C13H19N5O5S2/c1-17(24(2,20)21)10-13(19)14-6-8-25(22,23)16-11-4-7-18-12(9-11)3-5-15-18/h3-5,7,9,16H,6,8,10H2,1-2H3,(H,14,19). The maximum atomic E-state index is 12.0. The molecule has 0 aromatic carbocycles. The number of rotatable bonds is 8. The van der Waals surface area contributed by atoms with E-state index in [0.717, 1.165) is 16.1 Å². The number of carbonyl (C=O) groups is 1. The van der Waals surface area contributed by atoms with Crippen LogP contribution in [0.3, 0.4) is 0 Å². The molecule has 2 aromatic rings. The minimum atomic E-state index is -3.67. The fourth-order valence-corrected chi connectivity index (χ4v) is 3.23. The Morgan fingerprint density at radius 3 is 2.68 bits per heavy atom. The van der Waals surface area contributed by atoms with E-state index in [1.807, 2.05) is 0 Å². The summed E-state index contributed by atoms with van der Waals surface area (Å²) in [5.74, 6) is -0.921. The van der Waals surface area contributed by atoms with Crippen molar-refractivity contribution in [2.45, 2.75) is 0 Å². The smallest absolute Gasteiger partial charge is 0.235 e. The molecular formula is C13H19N5O5S2. The molecule has 12 heteroatoms. The predicted molar refractivity (Wildman–Crippen MR) is 93.1 cm³/mol. The van der Waals surface area contributed by atoms with Crippen LogP contribution < -0.4 is 10.0 Å². The Balaban J connectivity index is 1.85. The highest BCUT2D eigenvalue weighted by Crippen LogP contribution is 2.12. The number of sulfonamides is 2. The number of aromatic nitrogens is 2. The zero-order valence-corrected chi connectivity index (χ0v) is 15.3. The molecule has 0 radical (unpaired) electrons. The highest BCUT2D eigenvalue weighted by molar-refractivity contribution is 7.92. The second-order valence-corrected chi connectivity index (χ2v) is 9.34. The van der Waals surface area contributed by atoms with Crippen LogP contribution in [-0.4, -0.2) is 68.8 Å². The van der Waals surface area contributed by atoms with Crippen LogP contribution in [0.1, 0.15) is 0 Å². The lowest BCUT2D eigenvalue weighted by Crippen LogP contribution is -2.39. The van der Waals surface area contributed by atoms with Crippen LogP contribution >= 0.6 is 0 Å². The van der Waals surface area contributed by atoms with Crippen LogP contribution in [0.15, 0.2) is 30.6 Å². The summed E-state index contributed by atoms with van der Waals surface area (Å²) >= 11 is 0. The summed E-state index contributed by atoms with van der Waals surface area (Å²) in [5, 5.41) is 6.39. The first-order chi connectivity index (χ1) is 11.6. The first-order valence-corrected chi connectivity index (χ1v) is 10.7. The van der Waals surface area contributed by atoms with Gasteiger partial charge in [-0.05, 0) is 18.2 Å².